The number of benzene rings is 1. The number of nitrogens with two attached hydrogens (primary N) is 1. The van der Waals surface area contributed by atoms with E-state index in [1.165, 1.54) is 11.1 Å². The number of amides is 2. The first kappa shape index (κ1) is 18.3. The summed E-state index contributed by atoms with van der Waals surface area (Å²) in [5.41, 5.74) is 6.18. The van der Waals surface area contributed by atoms with Crippen molar-refractivity contribution in [2.45, 2.75) is 25.7 Å². The first-order valence-corrected chi connectivity index (χ1v) is 9.87. The van der Waals surface area contributed by atoms with Crippen molar-refractivity contribution in [3.63, 3.8) is 0 Å². The molecule has 27 heavy (non-hydrogen) atoms. The van der Waals surface area contributed by atoms with Crippen molar-refractivity contribution in [2.24, 2.45) is 11.8 Å². The fourth-order valence-corrected chi connectivity index (χ4v) is 3.14. The number of nitrogens with zero attached hydrogens (tertiary/aromatic N) is 2. The van der Waals surface area contributed by atoms with Crippen LogP contribution in [-0.4, -0.2) is 16.8 Å². The lowest BCUT2D eigenvalue weighted by molar-refractivity contribution is -0.127. The summed E-state index contributed by atoms with van der Waals surface area (Å²) in [5.74, 6) is 0.672. The van der Waals surface area contributed by atoms with Crippen molar-refractivity contribution >= 4 is 50.9 Å². The number of anilines is 2. The van der Waals surface area contributed by atoms with Crippen molar-refractivity contribution in [3.05, 3.63) is 40.0 Å². The number of nitrogen functional groups attached to an aromatic ring is 1. The van der Waals surface area contributed by atoms with E-state index in [1.54, 1.807) is 24.3 Å². The standard InChI is InChI=1S/C19H17BrClN3O3/c20-13-9-23-17(8-16(13)27-12-5-6-15(22)14(21)7-12)24(18(25)10-1-2-10)19(26)11-3-4-11/h5-11H,1-4,22H2. The molecule has 0 aliphatic heterocycles. The van der Waals surface area contributed by atoms with Crippen LogP contribution in [0.1, 0.15) is 25.7 Å². The highest BCUT2D eigenvalue weighted by molar-refractivity contribution is 9.10. The molecule has 1 aromatic carbocycles. The lowest BCUT2D eigenvalue weighted by Gasteiger charge is -2.21. The van der Waals surface area contributed by atoms with E-state index in [2.05, 4.69) is 20.9 Å². The quantitative estimate of drug-likeness (QED) is 0.533. The second-order valence-electron chi connectivity index (χ2n) is 6.82. The Kier molecular flexibility index (Phi) is 4.82. The maximum Gasteiger partial charge on any atom is 0.238 e. The molecule has 2 amide bonds. The molecule has 2 aliphatic rings. The molecular formula is C19H17BrClN3O3. The van der Waals surface area contributed by atoms with Gasteiger partial charge in [0.25, 0.3) is 0 Å². The number of imide groups is 1. The van der Waals surface area contributed by atoms with Crippen molar-refractivity contribution in [2.75, 3.05) is 10.6 Å². The summed E-state index contributed by atoms with van der Waals surface area (Å²) in [7, 11) is 0. The molecule has 6 nitrogen and oxygen atoms in total. The minimum Gasteiger partial charge on any atom is -0.456 e. The van der Waals surface area contributed by atoms with Crippen LogP contribution in [0.3, 0.4) is 0 Å². The Labute approximate surface area is 169 Å². The van der Waals surface area contributed by atoms with E-state index >= 15 is 0 Å². The van der Waals surface area contributed by atoms with Crippen LogP contribution in [0.4, 0.5) is 11.5 Å². The van der Waals surface area contributed by atoms with Crippen molar-refractivity contribution in [3.8, 4) is 11.5 Å². The fourth-order valence-electron chi connectivity index (χ4n) is 2.67. The normalized spacial score (nSPS) is 16.1. The Morgan fingerprint density at radius 2 is 1.78 bits per heavy atom. The van der Waals surface area contributed by atoms with Crippen LogP contribution in [0.5, 0.6) is 11.5 Å². The first-order chi connectivity index (χ1) is 12.9. The molecule has 1 heterocycles. The third-order valence-corrected chi connectivity index (χ3v) is 5.45. The smallest absolute Gasteiger partial charge is 0.238 e. The van der Waals surface area contributed by atoms with Gasteiger partial charge in [-0.1, -0.05) is 11.6 Å². The summed E-state index contributed by atoms with van der Waals surface area (Å²) in [5, 5.41) is 0.382. The van der Waals surface area contributed by atoms with Crippen LogP contribution in [0.25, 0.3) is 0 Å². The summed E-state index contributed by atoms with van der Waals surface area (Å²) in [6.45, 7) is 0. The SMILES string of the molecule is Nc1ccc(Oc2cc(N(C(=O)C3CC3)C(=O)C3CC3)ncc2Br)cc1Cl. The van der Waals surface area contributed by atoms with Gasteiger partial charge in [0.05, 0.1) is 15.2 Å². The molecule has 140 valence electrons. The highest BCUT2D eigenvalue weighted by Crippen LogP contribution is 2.39. The van der Waals surface area contributed by atoms with Gasteiger partial charge in [0.1, 0.15) is 17.3 Å². The highest BCUT2D eigenvalue weighted by Gasteiger charge is 2.42. The van der Waals surface area contributed by atoms with Crippen molar-refractivity contribution < 1.29 is 14.3 Å². The maximum absolute atomic E-state index is 12.7. The van der Waals surface area contributed by atoms with Crippen molar-refractivity contribution in [1.29, 1.82) is 0 Å². The number of carbonyl (C=O) groups is 2. The molecule has 0 spiro atoms. The molecule has 1 aromatic heterocycles. The van der Waals surface area contributed by atoms with E-state index in [4.69, 9.17) is 22.1 Å². The molecule has 8 heteroatoms. The number of hydrogen-bond donors (Lipinski definition) is 1. The van der Waals surface area contributed by atoms with Gasteiger partial charge in [0, 0.05) is 30.2 Å². The predicted molar refractivity (Wildman–Crippen MR) is 106 cm³/mol. The zero-order valence-corrected chi connectivity index (χ0v) is 16.7. The molecule has 2 N–H and O–H groups in total. The van der Waals surface area contributed by atoms with Gasteiger partial charge in [-0.25, -0.2) is 9.88 Å². The van der Waals surface area contributed by atoms with Gasteiger partial charge in [0.2, 0.25) is 11.8 Å². The van der Waals surface area contributed by atoms with Gasteiger partial charge in [-0.2, -0.15) is 0 Å². The molecule has 0 radical (unpaired) electrons. The summed E-state index contributed by atoms with van der Waals surface area (Å²) >= 11 is 9.43. The van der Waals surface area contributed by atoms with Gasteiger partial charge in [-0.3, -0.25) is 9.59 Å². The van der Waals surface area contributed by atoms with E-state index < -0.39 is 0 Å². The molecule has 0 saturated heterocycles. The van der Waals surface area contributed by atoms with Crippen LogP contribution < -0.4 is 15.4 Å². The van der Waals surface area contributed by atoms with E-state index in [-0.39, 0.29) is 29.5 Å². The molecule has 4 rings (SSSR count). The lowest BCUT2D eigenvalue weighted by Crippen LogP contribution is -2.39. The summed E-state index contributed by atoms with van der Waals surface area (Å²) < 4.78 is 6.47. The van der Waals surface area contributed by atoms with Gasteiger partial charge in [-0.05, 0) is 53.7 Å². The Morgan fingerprint density at radius 1 is 1.15 bits per heavy atom. The fraction of sp³-hybridized carbons (Fsp3) is 0.316. The number of rotatable bonds is 5. The zero-order valence-electron chi connectivity index (χ0n) is 14.3. The van der Waals surface area contributed by atoms with E-state index in [0.717, 1.165) is 25.7 Å². The number of ether oxygens (including phenoxy) is 1. The molecule has 2 aromatic rings. The van der Waals surface area contributed by atoms with E-state index in [9.17, 15) is 9.59 Å². The molecule has 0 atom stereocenters. The van der Waals surface area contributed by atoms with Crippen LogP contribution >= 0.6 is 27.5 Å². The Bertz CT molecular complexity index is 904. The monoisotopic (exact) mass is 449 g/mol. The number of hydrogen-bond acceptors (Lipinski definition) is 5. The third kappa shape index (κ3) is 3.94. The molecule has 0 bridgehead atoms. The number of carbonyl (C=O) groups excluding carboxylic acids is 2. The van der Waals surface area contributed by atoms with Gasteiger partial charge in [-0.15, -0.1) is 0 Å². The average molecular weight is 451 g/mol. The number of pyridine rings is 1. The molecule has 2 aliphatic carbocycles. The third-order valence-electron chi connectivity index (χ3n) is 4.53. The minimum atomic E-state index is -0.178. The summed E-state index contributed by atoms with van der Waals surface area (Å²) in [4.78, 5) is 30.9. The predicted octanol–water partition coefficient (Wildman–Crippen LogP) is 4.55. The largest absolute Gasteiger partial charge is 0.456 e. The topological polar surface area (TPSA) is 85.5 Å². The van der Waals surface area contributed by atoms with Crippen molar-refractivity contribution in [1.82, 2.24) is 4.98 Å². The van der Waals surface area contributed by atoms with Crippen LogP contribution in [0, 0.1) is 11.8 Å². The Balaban J connectivity index is 1.65. The van der Waals surface area contributed by atoms with Gasteiger partial charge < -0.3 is 10.5 Å². The molecule has 2 saturated carbocycles. The molecule has 2 fully saturated rings. The first-order valence-electron chi connectivity index (χ1n) is 8.70. The Morgan fingerprint density at radius 3 is 2.33 bits per heavy atom. The van der Waals surface area contributed by atoms with Gasteiger partial charge >= 0.3 is 0 Å². The number of halogens is 2. The summed E-state index contributed by atoms with van der Waals surface area (Å²) in [6, 6.07) is 6.53. The lowest BCUT2D eigenvalue weighted by atomic mass is 10.2. The van der Waals surface area contributed by atoms with Gasteiger partial charge in [0.15, 0.2) is 0 Å². The second kappa shape index (κ2) is 7.13. The number of aromatic nitrogens is 1. The Hall–Kier alpha value is -2.12. The maximum atomic E-state index is 12.7. The van der Waals surface area contributed by atoms with E-state index in [1.807, 2.05) is 0 Å². The molecular weight excluding hydrogens is 434 g/mol. The van der Waals surface area contributed by atoms with E-state index in [0.29, 0.717) is 26.7 Å². The second-order valence-corrected chi connectivity index (χ2v) is 8.08. The highest BCUT2D eigenvalue weighted by atomic mass is 79.9. The minimum absolute atomic E-state index is 0.0848. The summed E-state index contributed by atoms with van der Waals surface area (Å²) in [6.07, 6.45) is 4.79. The zero-order chi connectivity index (χ0) is 19.1. The average Bonchev–Trinajstić information content (AvgIpc) is 3.53. The van der Waals surface area contributed by atoms with Crippen LogP contribution in [-0.2, 0) is 9.59 Å². The van der Waals surface area contributed by atoms with Crippen LogP contribution in [0.2, 0.25) is 5.02 Å². The van der Waals surface area contributed by atoms with Crippen LogP contribution in [0.15, 0.2) is 34.9 Å². The molecule has 0 unspecified atom stereocenters.